The molecule has 1 unspecified atom stereocenters. The predicted octanol–water partition coefficient (Wildman–Crippen LogP) is 1.80. The predicted molar refractivity (Wildman–Crippen MR) is 72.5 cm³/mol. The Balaban J connectivity index is 2.42. The van der Waals surface area contributed by atoms with E-state index in [0.717, 1.165) is 9.37 Å². The quantitative estimate of drug-likeness (QED) is 0.614. The third kappa shape index (κ3) is 5.16. The van der Waals surface area contributed by atoms with E-state index in [9.17, 15) is 4.21 Å². The summed E-state index contributed by atoms with van der Waals surface area (Å²) in [5, 5.41) is 0. The summed E-state index contributed by atoms with van der Waals surface area (Å²) in [5.41, 5.74) is 6.26. The second-order valence-corrected chi connectivity index (χ2v) is 5.74. The molecule has 0 heterocycles. The van der Waals surface area contributed by atoms with E-state index in [2.05, 4.69) is 15.9 Å². The number of anilines is 1. The van der Waals surface area contributed by atoms with Gasteiger partial charge in [0, 0.05) is 17.3 Å². The zero-order valence-electron chi connectivity index (χ0n) is 9.65. The summed E-state index contributed by atoms with van der Waals surface area (Å²) >= 11 is 3.35. The first-order chi connectivity index (χ1) is 8.15. The van der Waals surface area contributed by atoms with Crippen molar-refractivity contribution in [2.75, 3.05) is 38.4 Å². The number of methoxy groups -OCH3 is 1. The second-order valence-electron chi connectivity index (χ2n) is 3.34. The van der Waals surface area contributed by atoms with Gasteiger partial charge in [0.25, 0.3) is 0 Å². The Bertz CT molecular complexity index is 387. The maximum absolute atomic E-state index is 11.9. The van der Waals surface area contributed by atoms with Crippen LogP contribution < -0.4 is 5.73 Å². The minimum Gasteiger partial charge on any atom is -0.399 e. The van der Waals surface area contributed by atoms with Gasteiger partial charge in [0.05, 0.1) is 41.3 Å². The summed E-state index contributed by atoms with van der Waals surface area (Å²) in [6, 6.07) is 5.26. The number of ether oxygens (including phenoxy) is 2. The van der Waals surface area contributed by atoms with E-state index in [4.69, 9.17) is 15.2 Å². The van der Waals surface area contributed by atoms with E-state index in [-0.39, 0.29) is 0 Å². The molecule has 0 aliphatic rings. The van der Waals surface area contributed by atoms with Crippen LogP contribution in [0.1, 0.15) is 0 Å². The van der Waals surface area contributed by atoms with Gasteiger partial charge in [-0.25, -0.2) is 0 Å². The second kappa shape index (κ2) is 7.81. The summed E-state index contributed by atoms with van der Waals surface area (Å²) in [6.07, 6.45) is 0. The van der Waals surface area contributed by atoms with Crippen LogP contribution in [0.3, 0.4) is 0 Å². The van der Waals surface area contributed by atoms with Gasteiger partial charge in [0.2, 0.25) is 0 Å². The topological polar surface area (TPSA) is 61.5 Å². The Morgan fingerprint density at radius 3 is 2.76 bits per heavy atom. The van der Waals surface area contributed by atoms with Crippen molar-refractivity contribution in [3.05, 3.63) is 22.7 Å². The highest BCUT2D eigenvalue weighted by Crippen LogP contribution is 2.23. The van der Waals surface area contributed by atoms with Crippen LogP contribution in [0.4, 0.5) is 5.69 Å². The van der Waals surface area contributed by atoms with E-state index in [1.807, 2.05) is 0 Å². The van der Waals surface area contributed by atoms with Gasteiger partial charge in [-0.2, -0.15) is 0 Å². The van der Waals surface area contributed by atoms with Gasteiger partial charge in [0.1, 0.15) is 0 Å². The van der Waals surface area contributed by atoms with Crippen molar-refractivity contribution in [1.82, 2.24) is 0 Å². The lowest BCUT2D eigenvalue weighted by Gasteiger charge is -2.06. The summed E-state index contributed by atoms with van der Waals surface area (Å²) in [6.45, 7) is 1.53. The molecule has 0 aromatic heterocycles. The molecule has 1 aromatic rings. The molecular weight excluding hydrogens is 306 g/mol. The molecule has 4 nitrogen and oxygen atoms in total. The van der Waals surface area contributed by atoms with Gasteiger partial charge < -0.3 is 15.2 Å². The molecule has 0 saturated heterocycles. The average molecular weight is 322 g/mol. The number of rotatable bonds is 7. The molecule has 1 atom stereocenters. The Morgan fingerprint density at radius 1 is 1.35 bits per heavy atom. The summed E-state index contributed by atoms with van der Waals surface area (Å²) in [4.78, 5) is 0.745. The van der Waals surface area contributed by atoms with Gasteiger partial charge in [-0.15, -0.1) is 0 Å². The van der Waals surface area contributed by atoms with Crippen LogP contribution in [0.25, 0.3) is 0 Å². The van der Waals surface area contributed by atoms with Crippen LogP contribution in [0.15, 0.2) is 27.6 Å². The molecule has 0 amide bonds. The monoisotopic (exact) mass is 321 g/mol. The van der Waals surface area contributed by atoms with Crippen molar-refractivity contribution in [3.63, 3.8) is 0 Å². The lowest BCUT2D eigenvalue weighted by atomic mass is 10.3. The smallest absolute Gasteiger partial charge is 0.0700 e. The fourth-order valence-corrected chi connectivity index (χ4v) is 3.11. The van der Waals surface area contributed by atoms with Gasteiger partial charge in [0.15, 0.2) is 0 Å². The third-order valence-corrected chi connectivity index (χ3v) is 4.35. The van der Waals surface area contributed by atoms with E-state index in [1.165, 1.54) is 0 Å². The minimum atomic E-state index is -1.08. The van der Waals surface area contributed by atoms with Crippen LogP contribution in [0, 0.1) is 0 Å². The van der Waals surface area contributed by atoms with E-state index < -0.39 is 10.8 Å². The van der Waals surface area contributed by atoms with E-state index >= 15 is 0 Å². The fourth-order valence-electron chi connectivity index (χ4n) is 1.19. The van der Waals surface area contributed by atoms with Crippen molar-refractivity contribution in [1.29, 1.82) is 0 Å². The van der Waals surface area contributed by atoms with Crippen molar-refractivity contribution < 1.29 is 13.7 Å². The number of nitrogen functional groups attached to an aromatic ring is 1. The number of benzene rings is 1. The van der Waals surface area contributed by atoms with Gasteiger partial charge in [-0.1, -0.05) is 0 Å². The maximum atomic E-state index is 11.9. The Morgan fingerprint density at radius 2 is 2.12 bits per heavy atom. The molecule has 96 valence electrons. The highest BCUT2D eigenvalue weighted by molar-refractivity contribution is 9.10. The lowest BCUT2D eigenvalue weighted by molar-refractivity contribution is 0.0787. The van der Waals surface area contributed by atoms with Crippen LogP contribution in [-0.4, -0.2) is 36.9 Å². The van der Waals surface area contributed by atoms with E-state index in [1.54, 1.807) is 25.3 Å². The number of hydrogen-bond acceptors (Lipinski definition) is 4. The zero-order chi connectivity index (χ0) is 12.7. The fraction of sp³-hybridized carbons (Fsp3) is 0.455. The van der Waals surface area contributed by atoms with Crippen LogP contribution >= 0.6 is 15.9 Å². The van der Waals surface area contributed by atoms with Crippen LogP contribution in [0.5, 0.6) is 0 Å². The first-order valence-electron chi connectivity index (χ1n) is 5.15. The van der Waals surface area contributed by atoms with Crippen molar-refractivity contribution >= 4 is 32.4 Å². The molecule has 0 radical (unpaired) electrons. The maximum Gasteiger partial charge on any atom is 0.0700 e. The molecule has 1 rings (SSSR count). The third-order valence-electron chi connectivity index (χ3n) is 2.05. The zero-order valence-corrected chi connectivity index (χ0v) is 12.1. The van der Waals surface area contributed by atoms with Crippen molar-refractivity contribution in [2.45, 2.75) is 4.90 Å². The Labute approximate surface area is 112 Å². The molecule has 17 heavy (non-hydrogen) atoms. The standard InChI is InChI=1S/C11H16BrNO3S/c1-15-4-5-16-6-7-17(14)11-3-2-9(13)8-10(11)12/h2-3,8H,4-7,13H2,1H3. The molecule has 0 aliphatic heterocycles. The highest BCUT2D eigenvalue weighted by atomic mass is 79.9. The summed E-state index contributed by atoms with van der Waals surface area (Å²) in [7, 11) is 0.541. The van der Waals surface area contributed by atoms with Crippen molar-refractivity contribution in [3.8, 4) is 0 Å². The van der Waals surface area contributed by atoms with Gasteiger partial charge in [-0.05, 0) is 34.1 Å². The summed E-state index contributed by atoms with van der Waals surface area (Å²) < 4.78 is 22.8. The van der Waals surface area contributed by atoms with Gasteiger partial charge in [-0.3, -0.25) is 4.21 Å². The molecule has 1 aromatic carbocycles. The molecule has 6 heteroatoms. The highest BCUT2D eigenvalue weighted by Gasteiger charge is 2.08. The van der Waals surface area contributed by atoms with Crippen LogP contribution in [-0.2, 0) is 20.3 Å². The SMILES string of the molecule is COCCOCCS(=O)c1ccc(N)cc1Br. The Kier molecular flexibility index (Phi) is 6.72. The van der Waals surface area contributed by atoms with E-state index in [0.29, 0.717) is 31.3 Å². The molecule has 0 spiro atoms. The summed E-state index contributed by atoms with van der Waals surface area (Å²) in [5.74, 6) is 0.465. The molecular formula is C11H16BrNO3S. The molecule has 0 bridgehead atoms. The lowest BCUT2D eigenvalue weighted by Crippen LogP contribution is -2.10. The normalized spacial score (nSPS) is 12.6. The first-order valence-corrected chi connectivity index (χ1v) is 7.26. The Hall–Kier alpha value is -0.430. The number of halogens is 1. The molecule has 0 aliphatic carbocycles. The molecule has 2 N–H and O–H groups in total. The molecule has 0 saturated carbocycles. The minimum absolute atomic E-state index is 0.451. The van der Waals surface area contributed by atoms with Crippen LogP contribution in [0.2, 0.25) is 0 Å². The molecule has 0 fully saturated rings. The average Bonchev–Trinajstić information content (AvgIpc) is 2.28. The van der Waals surface area contributed by atoms with Gasteiger partial charge >= 0.3 is 0 Å². The number of hydrogen-bond donors (Lipinski definition) is 1. The van der Waals surface area contributed by atoms with Crippen molar-refractivity contribution in [2.24, 2.45) is 0 Å². The number of nitrogens with two attached hydrogens (primary N) is 1. The largest absolute Gasteiger partial charge is 0.399 e. The first kappa shape index (κ1) is 14.6.